The lowest BCUT2D eigenvalue weighted by atomic mass is 10.1. The molecule has 1 atom stereocenters. The van der Waals surface area contributed by atoms with Crippen LogP contribution in [-0.2, 0) is 13.5 Å². The SMILES string of the molecule is Cc1ccc(C(Cc2c(Cl)c(C)nn2C)NN)s1. The molecule has 0 bridgehead atoms. The van der Waals surface area contributed by atoms with Gasteiger partial charge in [0, 0.05) is 23.2 Å². The van der Waals surface area contributed by atoms with Crippen molar-refractivity contribution in [2.24, 2.45) is 12.9 Å². The average Bonchev–Trinajstić information content (AvgIpc) is 2.84. The Hall–Kier alpha value is -0.880. The summed E-state index contributed by atoms with van der Waals surface area (Å²) < 4.78 is 1.82. The molecular weight excluding hydrogens is 268 g/mol. The van der Waals surface area contributed by atoms with Crippen LogP contribution in [-0.4, -0.2) is 9.78 Å². The fraction of sp³-hybridized carbons (Fsp3) is 0.417. The van der Waals surface area contributed by atoms with Crippen LogP contribution in [0.4, 0.5) is 0 Å². The summed E-state index contributed by atoms with van der Waals surface area (Å²) in [6.07, 6.45) is 0.729. The maximum atomic E-state index is 6.26. The molecule has 0 aliphatic heterocycles. The van der Waals surface area contributed by atoms with Crippen molar-refractivity contribution in [3.05, 3.63) is 38.3 Å². The van der Waals surface area contributed by atoms with Gasteiger partial charge in [-0.25, -0.2) is 0 Å². The van der Waals surface area contributed by atoms with Crippen LogP contribution in [0.5, 0.6) is 0 Å². The van der Waals surface area contributed by atoms with Crippen LogP contribution in [0.1, 0.15) is 27.2 Å². The molecule has 2 aromatic heterocycles. The van der Waals surface area contributed by atoms with Crippen LogP contribution in [0.3, 0.4) is 0 Å². The Morgan fingerprint density at radius 1 is 1.50 bits per heavy atom. The fourth-order valence-electron chi connectivity index (χ4n) is 1.98. The second kappa shape index (κ2) is 5.40. The van der Waals surface area contributed by atoms with Crippen molar-refractivity contribution in [1.29, 1.82) is 0 Å². The van der Waals surface area contributed by atoms with Crippen LogP contribution in [0.25, 0.3) is 0 Å². The van der Waals surface area contributed by atoms with E-state index in [4.69, 9.17) is 17.4 Å². The van der Waals surface area contributed by atoms with E-state index < -0.39 is 0 Å². The Balaban J connectivity index is 2.25. The second-order valence-corrected chi connectivity index (χ2v) is 6.04. The van der Waals surface area contributed by atoms with E-state index in [1.165, 1.54) is 9.75 Å². The van der Waals surface area contributed by atoms with Crippen molar-refractivity contribution in [3.63, 3.8) is 0 Å². The Labute approximate surface area is 116 Å². The number of nitrogens with one attached hydrogen (secondary N) is 1. The number of nitrogens with two attached hydrogens (primary N) is 1. The summed E-state index contributed by atoms with van der Waals surface area (Å²) >= 11 is 8.00. The highest BCUT2D eigenvalue weighted by molar-refractivity contribution is 7.12. The smallest absolute Gasteiger partial charge is 0.0847 e. The largest absolute Gasteiger partial charge is 0.271 e. The molecule has 98 valence electrons. The van der Waals surface area contributed by atoms with Crippen molar-refractivity contribution in [1.82, 2.24) is 15.2 Å². The molecular formula is C12H17ClN4S. The molecule has 1 unspecified atom stereocenters. The molecule has 3 N–H and O–H groups in total. The van der Waals surface area contributed by atoms with Crippen molar-refractivity contribution in [3.8, 4) is 0 Å². The molecule has 6 heteroatoms. The monoisotopic (exact) mass is 284 g/mol. The minimum absolute atomic E-state index is 0.0657. The molecule has 0 radical (unpaired) electrons. The summed E-state index contributed by atoms with van der Waals surface area (Å²) in [5.74, 6) is 5.65. The normalized spacial score (nSPS) is 12.9. The van der Waals surface area contributed by atoms with Gasteiger partial charge >= 0.3 is 0 Å². The Morgan fingerprint density at radius 3 is 2.67 bits per heavy atom. The molecule has 0 saturated carbocycles. The predicted octanol–water partition coefficient (Wildman–Crippen LogP) is 2.50. The highest BCUT2D eigenvalue weighted by atomic mass is 35.5. The van der Waals surface area contributed by atoms with Gasteiger partial charge in [0.2, 0.25) is 0 Å². The zero-order chi connectivity index (χ0) is 13.3. The quantitative estimate of drug-likeness (QED) is 0.670. The molecule has 0 aromatic carbocycles. The summed E-state index contributed by atoms with van der Waals surface area (Å²) in [5.41, 5.74) is 4.71. The van der Waals surface area contributed by atoms with Gasteiger partial charge in [-0.3, -0.25) is 16.0 Å². The number of aryl methyl sites for hydroxylation is 3. The summed E-state index contributed by atoms with van der Waals surface area (Å²) in [7, 11) is 1.90. The van der Waals surface area contributed by atoms with Crippen molar-refractivity contribution < 1.29 is 0 Å². The van der Waals surface area contributed by atoms with E-state index in [1.807, 2.05) is 18.7 Å². The van der Waals surface area contributed by atoms with Crippen LogP contribution in [0.2, 0.25) is 5.02 Å². The van der Waals surface area contributed by atoms with Gasteiger partial charge in [0.25, 0.3) is 0 Å². The Morgan fingerprint density at radius 2 is 2.22 bits per heavy atom. The van der Waals surface area contributed by atoms with Crippen LogP contribution in [0, 0.1) is 13.8 Å². The lowest BCUT2D eigenvalue weighted by molar-refractivity contribution is 0.537. The number of thiophene rings is 1. The average molecular weight is 285 g/mol. The Kier molecular flexibility index (Phi) is 4.07. The van der Waals surface area contributed by atoms with Gasteiger partial charge in [-0.1, -0.05) is 11.6 Å². The Bertz CT molecular complexity index is 546. The van der Waals surface area contributed by atoms with E-state index in [1.54, 1.807) is 11.3 Å². The number of hydrogen-bond donors (Lipinski definition) is 2. The molecule has 2 heterocycles. The first kappa shape index (κ1) is 13.5. The van der Waals surface area contributed by atoms with Gasteiger partial charge in [0.15, 0.2) is 0 Å². The first-order chi connectivity index (χ1) is 8.52. The molecule has 0 fully saturated rings. The molecule has 0 amide bonds. The number of rotatable bonds is 4. The van der Waals surface area contributed by atoms with Gasteiger partial charge in [-0.05, 0) is 26.0 Å². The zero-order valence-corrected chi connectivity index (χ0v) is 12.3. The van der Waals surface area contributed by atoms with E-state index in [9.17, 15) is 0 Å². The third-order valence-electron chi connectivity index (χ3n) is 2.96. The van der Waals surface area contributed by atoms with E-state index in [0.717, 1.165) is 22.8 Å². The van der Waals surface area contributed by atoms with Gasteiger partial charge in [-0.2, -0.15) is 5.10 Å². The van der Waals surface area contributed by atoms with Gasteiger partial charge in [0.1, 0.15) is 0 Å². The molecule has 2 rings (SSSR count). The fourth-order valence-corrected chi connectivity index (χ4v) is 3.15. The molecule has 0 aliphatic carbocycles. The maximum Gasteiger partial charge on any atom is 0.0847 e. The van der Waals surface area contributed by atoms with Crippen LogP contribution >= 0.6 is 22.9 Å². The van der Waals surface area contributed by atoms with Gasteiger partial charge < -0.3 is 0 Å². The zero-order valence-electron chi connectivity index (χ0n) is 10.7. The first-order valence-electron chi connectivity index (χ1n) is 5.73. The highest BCUT2D eigenvalue weighted by Gasteiger charge is 2.18. The van der Waals surface area contributed by atoms with E-state index in [0.29, 0.717) is 0 Å². The second-order valence-electron chi connectivity index (χ2n) is 4.34. The topological polar surface area (TPSA) is 55.9 Å². The number of hydrogen-bond acceptors (Lipinski definition) is 4. The third-order valence-corrected chi connectivity index (χ3v) is 4.57. The molecule has 4 nitrogen and oxygen atoms in total. The third kappa shape index (κ3) is 2.59. The lowest BCUT2D eigenvalue weighted by Gasteiger charge is -2.14. The number of halogens is 1. The van der Waals surface area contributed by atoms with Gasteiger partial charge in [-0.15, -0.1) is 11.3 Å². The highest BCUT2D eigenvalue weighted by Crippen LogP contribution is 2.28. The standard InChI is InChI=1S/C12H17ClN4S/c1-7-4-5-11(18-7)9(15-14)6-10-12(13)8(2)16-17(10)3/h4-5,9,15H,6,14H2,1-3H3. The molecule has 0 aliphatic rings. The molecule has 0 saturated heterocycles. The number of aromatic nitrogens is 2. The number of nitrogens with zero attached hydrogens (tertiary/aromatic N) is 2. The van der Waals surface area contributed by atoms with E-state index in [-0.39, 0.29) is 6.04 Å². The summed E-state index contributed by atoms with van der Waals surface area (Å²) in [5, 5.41) is 5.04. The molecule has 18 heavy (non-hydrogen) atoms. The molecule has 0 spiro atoms. The van der Waals surface area contributed by atoms with E-state index in [2.05, 4.69) is 29.6 Å². The number of hydrazine groups is 1. The van der Waals surface area contributed by atoms with E-state index >= 15 is 0 Å². The van der Waals surface area contributed by atoms with Crippen molar-refractivity contribution in [2.75, 3.05) is 0 Å². The first-order valence-corrected chi connectivity index (χ1v) is 6.92. The van der Waals surface area contributed by atoms with Crippen molar-refractivity contribution >= 4 is 22.9 Å². The summed E-state index contributed by atoms with van der Waals surface area (Å²) in [6.45, 7) is 3.99. The summed E-state index contributed by atoms with van der Waals surface area (Å²) in [4.78, 5) is 2.49. The van der Waals surface area contributed by atoms with Gasteiger partial charge in [0.05, 0.1) is 22.5 Å². The minimum Gasteiger partial charge on any atom is -0.271 e. The van der Waals surface area contributed by atoms with Crippen LogP contribution in [0.15, 0.2) is 12.1 Å². The van der Waals surface area contributed by atoms with Crippen LogP contribution < -0.4 is 11.3 Å². The van der Waals surface area contributed by atoms with Crippen molar-refractivity contribution in [2.45, 2.75) is 26.3 Å². The maximum absolute atomic E-state index is 6.26. The molecule has 2 aromatic rings. The minimum atomic E-state index is 0.0657. The predicted molar refractivity (Wildman–Crippen MR) is 75.8 cm³/mol. The lowest BCUT2D eigenvalue weighted by Crippen LogP contribution is -2.29. The summed E-state index contributed by atoms with van der Waals surface area (Å²) in [6, 6.07) is 4.26.